The van der Waals surface area contributed by atoms with Gasteiger partial charge < -0.3 is 15.8 Å². The molecule has 7 nitrogen and oxygen atoms in total. The van der Waals surface area contributed by atoms with Crippen molar-refractivity contribution in [1.82, 2.24) is 14.7 Å². The number of carbonyl (C=O) groups excluding carboxylic acids is 2. The highest BCUT2D eigenvalue weighted by Crippen LogP contribution is 2.16. The average molecular weight is 362 g/mol. The lowest BCUT2D eigenvalue weighted by Crippen LogP contribution is -2.25. The van der Waals surface area contributed by atoms with Gasteiger partial charge in [0.05, 0.1) is 17.8 Å². The monoisotopic (exact) mass is 362 g/mol. The summed E-state index contributed by atoms with van der Waals surface area (Å²) >= 11 is 0. The number of pyridine rings is 1. The number of amides is 2. The Morgan fingerprint density at radius 3 is 2.78 bits per heavy atom. The molecule has 0 unspecified atom stereocenters. The number of rotatable bonds is 5. The Hall–Kier alpha value is -3.79. The molecule has 3 N–H and O–H groups in total. The fraction of sp³-hybridized carbons (Fsp3) is 0.150. The first kappa shape index (κ1) is 18.0. The van der Waals surface area contributed by atoms with Gasteiger partial charge in [0.1, 0.15) is 23.7 Å². The number of carbonyl (C=O) groups is 2. The summed E-state index contributed by atoms with van der Waals surface area (Å²) in [6.45, 7) is 2.03. The molecule has 0 aliphatic carbocycles. The van der Waals surface area contributed by atoms with E-state index < -0.39 is 5.91 Å². The molecule has 0 saturated carbocycles. The molecule has 3 aromatic rings. The second-order valence-electron chi connectivity index (χ2n) is 5.66. The van der Waals surface area contributed by atoms with Crippen LogP contribution in [0.15, 0.2) is 48.7 Å². The molecule has 2 amide bonds. The van der Waals surface area contributed by atoms with E-state index in [2.05, 4.69) is 22.1 Å². The van der Waals surface area contributed by atoms with E-state index in [0.29, 0.717) is 28.3 Å². The number of hydrogen-bond donors (Lipinski definition) is 2. The topological polar surface area (TPSA) is 98.7 Å². The van der Waals surface area contributed by atoms with Crippen LogP contribution in [-0.2, 0) is 0 Å². The third-order valence-electron chi connectivity index (χ3n) is 3.83. The Balaban J connectivity index is 1.56. The molecule has 27 heavy (non-hydrogen) atoms. The quantitative estimate of drug-likeness (QED) is 0.673. The van der Waals surface area contributed by atoms with Crippen LogP contribution in [0, 0.1) is 18.8 Å². The van der Waals surface area contributed by atoms with Gasteiger partial charge in [0, 0.05) is 6.20 Å². The van der Waals surface area contributed by atoms with Crippen LogP contribution in [0.25, 0.3) is 5.65 Å². The summed E-state index contributed by atoms with van der Waals surface area (Å²) in [5, 5.41) is 2.74. The molecular weight excluding hydrogens is 344 g/mol. The van der Waals surface area contributed by atoms with Crippen LogP contribution in [0.1, 0.15) is 26.5 Å². The number of fused-ring (bicyclic) bond motifs is 1. The number of para-hydroxylation sites is 1. The average Bonchev–Trinajstić information content (AvgIpc) is 3.00. The predicted molar refractivity (Wildman–Crippen MR) is 100 cm³/mol. The van der Waals surface area contributed by atoms with E-state index in [1.807, 2.05) is 18.2 Å². The van der Waals surface area contributed by atoms with Crippen LogP contribution >= 0.6 is 0 Å². The Morgan fingerprint density at radius 1 is 1.19 bits per heavy atom. The molecular formula is C20H18N4O3. The summed E-state index contributed by atoms with van der Waals surface area (Å²) in [4.78, 5) is 28.1. The number of nitrogens with one attached hydrogen (secondary N) is 1. The molecule has 0 spiro atoms. The minimum atomic E-state index is -0.561. The van der Waals surface area contributed by atoms with E-state index in [4.69, 9.17) is 10.5 Å². The maximum Gasteiger partial charge on any atom is 0.270 e. The normalized spacial score (nSPS) is 10.1. The van der Waals surface area contributed by atoms with E-state index in [-0.39, 0.29) is 19.1 Å². The van der Waals surface area contributed by atoms with Gasteiger partial charge >= 0.3 is 0 Å². The van der Waals surface area contributed by atoms with E-state index in [0.717, 1.165) is 0 Å². The summed E-state index contributed by atoms with van der Waals surface area (Å²) in [7, 11) is 0. The minimum absolute atomic E-state index is 0.0782. The molecule has 3 rings (SSSR count). The number of hydrogen-bond acceptors (Lipinski definition) is 4. The molecule has 136 valence electrons. The molecule has 0 saturated heterocycles. The number of benzene rings is 1. The second-order valence-corrected chi connectivity index (χ2v) is 5.66. The van der Waals surface area contributed by atoms with Gasteiger partial charge in [-0.05, 0) is 31.2 Å². The van der Waals surface area contributed by atoms with Crippen molar-refractivity contribution in [2.75, 3.05) is 13.2 Å². The zero-order valence-corrected chi connectivity index (χ0v) is 14.7. The number of aromatic nitrogens is 2. The van der Waals surface area contributed by atoms with Crippen molar-refractivity contribution in [2.45, 2.75) is 6.92 Å². The number of aryl methyl sites for hydroxylation is 1. The van der Waals surface area contributed by atoms with Crippen LogP contribution in [-0.4, -0.2) is 34.4 Å². The Bertz CT molecular complexity index is 1060. The van der Waals surface area contributed by atoms with Crippen molar-refractivity contribution in [3.63, 3.8) is 0 Å². The molecule has 0 aliphatic heterocycles. The highest BCUT2D eigenvalue weighted by Gasteiger charge is 2.15. The van der Waals surface area contributed by atoms with Crippen molar-refractivity contribution in [2.24, 2.45) is 5.73 Å². The number of nitrogens with zero attached hydrogens (tertiary/aromatic N) is 2. The van der Waals surface area contributed by atoms with E-state index in [9.17, 15) is 9.59 Å². The molecule has 0 radical (unpaired) electrons. The highest BCUT2D eigenvalue weighted by atomic mass is 16.5. The van der Waals surface area contributed by atoms with Crippen molar-refractivity contribution >= 4 is 17.5 Å². The molecule has 2 aromatic heterocycles. The maximum atomic E-state index is 12.4. The highest BCUT2D eigenvalue weighted by molar-refractivity contribution is 5.95. The lowest BCUT2D eigenvalue weighted by atomic mass is 10.2. The number of primary amides is 1. The lowest BCUT2D eigenvalue weighted by Gasteiger charge is -2.05. The molecule has 0 aliphatic rings. The standard InChI is InChI=1S/C20H18N4O3/c1-14-18(24-12-6-4-10-17(24)23-14)20(26)22-11-5-7-13-27-16-9-3-2-8-15(16)19(21)25/h2-4,6,8-10,12H,11,13H2,1H3,(H2,21,25)(H,22,26). The molecule has 1 aromatic carbocycles. The van der Waals surface area contributed by atoms with Crippen LogP contribution < -0.4 is 15.8 Å². The minimum Gasteiger partial charge on any atom is -0.480 e. The largest absolute Gasteiger partial charge is 0.480 e. The van der Waals surface area contributed by atoms with Gasteiger partial charge in [-0.25, -0.2) is 4.98 Å². The zero-order valence-electron chi connectivity index (χ0n) is 14.7. The Labute approximate surface area is 156 Å². The van der Waals surface area contributed by atoms with Crippen LogP contribution in [0.5, 0.6) is 5.75 Å². The van der Waals surface area contributed by atoms with Gasteiger partial charge in [0.15, 0.2) is 0 Å². The Kier molecular flexibility index (Phi) is 5.38. The molecule has 0 bridgehead atoms. The first-order chi connectivity index (χ1) is 13.1. The van der Waals surface area contributed by atoms with E-state index in [1.54, 1.807) is 41.8 Å². The smallest absolute Gasteiger partial charge is 0.270 e. The van der Waals surface area contributed by atoms with Crippen LogP contribution in [0.3, 0.4) is 0 Å². The fourth-order valence-corrected chi connectivity index (χ4v) is 2.62. The summed E-state index contributed by atoms with van der Waals surface area (Å²) in [5.74, 6) is 5.17. The lowest BCUT2D eigenvalue weighted by molar-refractivity contribution is 0.0950. The number of nitrogens with two attached hydrogens (primary N) is 1. The van der Waals surface area contributed by atoms with Crippen molar-refractivity contribution < 1.29 is 14.3 Å². The maximum absolute atomic E-state index is 12.4. The summed E-state index contributed by atoms with van der Waals surface area (Å²) in [5.41, 5.74) is 7.44. The van der Waals surface area contributed by atoms with Gasteiger partial charge in [-0.2, -0.15) is 0 Å². The fourth-order valence-electron chi connectivity index (χ4n) is 2.62. The third-order valence-corrected chi connectivity index (χ3v) is 3.83. The molecule has 7 heteroatoms. The SMILES string of the molecule is Cc1nc2ccccn2c1C(=O)NCC#CCOc1ccccc1C(N)=O. The van der Waals surface area contributed by atoms with Gasteiger partial charge in [-0.3, -0.25) is 14.0 Å². The van der Waals surface area contributed by atoms with Crippen molar-refractivity contribution in [1.29, 1.82) is 0 Å². The summed E-state index contributed by atoms with van der Waals surface area (Å²) < 4.78 is 7.19. The van der Waals surface area contributed by atoms with Crippen molar-refractivity contribution in [3.05, 3.63) is 65.6 Å². The van der Waals surface area contributed by atoms with Gasteiger partial charge in [0.2, 0.25) is 0 Å². The first-order valence-corrected chi connectivity index (χ1v) is 8.27. The van der Waals surface area contributed by atoms with Gasteiger partial charge in [-0.1, -0.05) is 30.0 Å². The summed E-state index contributed by atoms with van der Waals surface area (Å²) in [6.07, 6.45) is 1.79. The van der Waals surface area contributed by atoms with Crippen LogP contribution in [0.2, 0.25) is 0 Å². The second kappa shape index (κ2) is 8.06. The Morgan fingerprint density at radius 2 is 1.96 bits per heavy atom. The van der Waals surface area contributed by atoms with Gasteiger partial charge in [-0.15, -0.1) is 0 Å². The van der Waals surface area contributed by atoms with Crippen molar-refractivity contribution in [3.8, 4) is 17.6 Å². The number of imidazole rings is 1. The first-order valence-electron chi connectivity index (χ1n) is 8.27. The molecule has 2 heterocycles. The van der Waals surface area contributed by atoms with Crippen LogP contribution in [0.4, 0.5) is 0 Å². The van der Waals surface area contributed by atoms with Gasteiger partial charge in [0.25, 0.3) is 11.8 Å². The third kappa shape index (κ3) is 4.07. The molecule has 0 fully saturated rings. The van der Waals surface area contributed by atoms with E-state index in [1.165, 1.54) is 0 Å². The molecule has 0 atom stereocenters. The predicted octanol–water partition coefficient (Wildman–Crippen LogP) is 1.55. The zero-order chi connectivity index (χ0) is 19.2. The summed E-state index contributed by atoms with van der Waals surface area (Å²) in [6, 6.07) is 12.2. The number of ether oxygens (including phenoxy) is 1. The van der Waals surface area contributed by atoms with E-state index >= 15 is 0 Å².